The fraction of sp³-hybridized carbons (Fsp3) is 1.00. The van der Waals surface area contributed by atoms with E-state index in [4.69, 9.17) is 0 Å². The Morgan fingerprint density at radius 3 is 2.44 bits per heavy atom. The largest absolute Gasteiger partial charge is 0.357 e. The van der Waals surface area contributed by atoms with E-state index in [-0.39, 0.29) is 0 Å². The van der Waals surface area contributed by atoms with Crippen molar-refractivity contribution in [2.24, 2.45) is 5.92 Å². The Hall–Kier alpha value is -0.0800. The first-order chi connectivity index (χ1) is 4.27. The van der Waals surface area contributed by atoms with E-state index in [2.05, 4.69) is 24.9 Å². The molecule has 4 N–H and O–H groups in total. The molecule has 0 spiro atoms. The van der Waals surface area contributed by atoms with Crippen LogP contribution in [0.3, 0.4) is 0 Å². The maximum absolute atomic E-state index is 3.74. The van der Waals surface area contributed by atoms with Gasteiger partial charge in [0.05, 0.1) is 6.54 Å². The van der Waals surface area contributed by atoms with Crippen molar-refractivity contribution in [2.75, 3.05) is 19.6 Å². The third-order valence-corrected chi connectivity index (χ3v) is 1.25. The molecule has 0 bridgehead atoms. The molecule has 0 aromatic carbocycles. The number of hydrogen-bond acceptors (Lipinski definition) is 1. The summed E-state index contributed by atoms with van der Waals surface area (Å²) in [6, 6.07) is 0. The van der Waals surface area contributed by atoms with Gasteiger partial charge in [0.2, 0.25) is 0 Å². The van der Waals surface area contributed by atoms with Gasteiger partial charge in [0.1, 0.15) is 0 Å². The standard InChI is InChI=1S/C7H18N2/c1-7(2)3-5-9-6-4-8/h7,9H,3-6,8H2,1-2H3/p+1. The van der Waals surface area contributed by atoms with Crippen LogP contribution in [0, 0.1) is 5.92 Å². The van der Waals surface area contributed by atoms with Gasteiger partial charge in [-0.3, -0.25) is 0 Å². The molecule has 0 atom stereocenters. The molecule has 0 saturated heterocycles. The highest BCUT2D eigenvalue weighted by Crippen LogP contribution is 1.95. The van der Waals surface area contributed by atoms with E-state index in [1.54, 1.807) is 0 Å². The maximum Gasteiger partial charge on any atom is 0.0866 e. The zero-order valence-corrected chi connectivity index (χ0v) is 6.61. The van der Waals surface area contributed by atoms with Crippen LogP contribution in [0.5, 0.6) is 0 Å². The van der Waals surface area contributed by atoms with Crippen molar-refractivity contribution in [1.82, 2.24) is 5.32 Å². The molecule has 0 aliphatic carbocycles. The molecule has 0 amide bonds. The highest BCUT2D eigenvalue weighted by atomic mass is 14.9. The topological polar surface area (TPSA) is 39.7 Å². The third-order valence-electron chi connectivity index (χ3n) is 1.25. The van der Waals surface area contributed by atoms with E-state index in [1.165, 1.54) is 6.42 Å². The van der Waals surface area contributed by atoms with Crippen LogP contribution in [0.25, 0.3) is 0 Å². The molecule has 0 radical (unpaired) electrons. The van der Waals surface area contributed by atoms with Gasteiger partial charge in [-0.05, 0) is 18.9 Å². The Kier molecular flexibility index (Phi) is 5.99. The fourth-order valence-corrected chi connectivity index (χ4v) is 0.641. The lowest BCUT2D eigenvalue weighted by molar-refractivity contribution is -0.365. The fourth-order valence-electron chi connectivity index (χ4n) is 0.641. The minimum absolute atomic E-state index is 0.822. The molecule has 0 aromatic rings. The van der Waals surface area contributed by atoms with Crippen molar-refractivity contribution in [3.05, 3.63) is 0 Å². The first-order valence-corrected chi connectivity index (χ1v) is 3.77. The number of rotatable bonds is 5. The molecule has 0 saturated carbocycles. The molecule has 0 rings (SSSR count). The number of nitrogens with one attached hydrogen (secondary N) is 1. The zero-order valence-electron chi connectivity index (χ0n) is 6.61. The molecule has 0 fully saturated rings. The summed E-state index contributed by atoms with van der Waals surface area (Å²) >= 11 is 0. The summed E-state index contributed by atoms with van der Waals surface area (Å²) in [5.74, 6) is 0.822. The molecule has 2 nitrogen and oxygen atoms in total. The van der Waals surface area contributed by atoms with Crippen LogP contribution in [0.15, 0.2) is 0 Å². The molecular weight excluding hydrogens is 112 g/mol. The molecule has 0 heterocycles. The van der Waals surface area contributed by atoms with E-state index in [0.717, 1.165) is 25.6 Å². The summed E-state index contributed by atoms with van der Waals surface area (Å²) in [6.07, 6.45) is 1.28. The second kappa shape index (κ2) is 6.05. The lowest BCUT2D eigenvalue weighted by atomic mass is 10.1. The van der Waals surface area contributed by atoms with Crippen LogP contribution < -0.4 is 11.1 Å². The first-order valence-electron chi connectivity index (χ1n) is 3.77. The average Bonchev–Trinajstić information content (AvgIpc) is 1.80. The molecule has 0 aromatic heterocycles. The van der Waals surface area contributed by atoms with E-state index in [0.29, 0.717) is 0 Å². The van der Waals surface area contributed by atoms with Crippen LogP contribution in [0.4, 0.5) is 0 Å². The smallest absolute Gasteiger partial charge is 0.0866 e. The van der Waals surface area contributed by atoms with Gasteiger partial charge < -0.3 is 11.1 Å². The Labute approximate surface area is 57.8 Å². The van der Waals surface area contributed by atoms with Crippen LogP contribution in [0.1, 0.15) is 20.3 Å². The van der Waals surface area contributed by atoms with Crippen molar-refractivity contribution in [1.29, 1.82) is 0 Å². The lowest BCUT2D eigenvalue weighted by Crippen LogP contribution is -2.54. The second-order valence-corrected chi connectivity index (χ2v) is 2.79. The van der Waals surface area contributed by atoms with Crippen molar-refractivity contribution in [2.45, 2.75) is 20.3 Å². The Balaban J connectivity index is 2.75. The predicted molar refractivity (Wildman–Crippen MR) is 40.1 cm³/mol. The lowest BCUT2D eigenvalue weighted by Gasteiger charge is -2.03. The number of hydrogen-bond donors (Lipinski definition) is 2. The molecule has 9 heavy (non-hydrogen) atoms. The SMILES string of the molecule is CC(C)CCNCC[NH3+]. The van der Waals surface area contributed by atoms with Gasteiger partial charge in [-0.1, -0.05) is 13.8 Å². The molecule has 0 unspecified atom stereocenters. The van der Waals surface area contributed by atoms with Gasteiger partial charge >= 0.3 is 0 Å². The van der Waals surface area contributed by atoms with Crippen molar-refractivity contribution in [3.8, 4) is 0 Å². The Bertz CT molecular complexity index is 52.9. The number of quaternary nitrogens is 1. The average molecular weight is 131 g/mol. The predicted octanol–water partition coefficient (Wildman–Crippen LogP) is -0.136. The van der Waals surface area contributed by atoms with Gasteiger partial charge in [-0.25, -0.2) is 0 Å². The van der Waals surface area contributed by atoms with Gasteiger partial charge in [0.15, 0.2) is 0 Å². The highest BCUT2D eigenvalue weighted by Gasteiger charge is 1.91. The summed E-state index contributed by atoms with van der Waals surface area (Å²) in [7, 11) is 0. The van der Waals surface area contributed by atoms with E-state index < -0.39 is 0 Å². The van der Waals surface area contributed by atoms with Crippen molar-refractivity contribution in [3.63, 3.8) is 0 Å². The summed E-state index contributed by atoms with van der Waals surface area (Å²) in [6.45, 7) is 7.69. The monoisotopic (exact) mass is 131 g/mol. The third kappa shape index (κ3) is 7.92. The Morgan fingerprint density at radius 1 is 1.33 bits per heavy atom. The van der Waals surface area contributed by atoms with E-state index in [9.17, 15) is 0 Å². The van der Waals surface area contributed by atoms with Crippen LogP contribution in [-0.2, 0) is 0 Å². The summed E-state index contributed by atoms with van der Waals surface area (Å²) in [5.41, 5.74) is 3.74. The zero-order chi connectivity index (χ0) is 7.11. The van der Waals surface area contributed by atoms with Gasteiger partial charge in [-0.2, -0.15) is 0 Å². The summed E-state index contributed by atoms with van der Waals surface area (Å²) in [4.78, 5) is 0. The van der Waals surface area contributed by atoms with Crippen LogP contribution in [0.2, 0.25) is 0 Å². The minimum Gasteiger partial charge on any atom is -0.357 e. The summed E-state index contributed by atoms with van der Waals surface area (Å²) < 4.78 is 0. The molecule has 0 aliphatic heterocycles. The van der Waals surface area contributed by atoms with Crippen LogP contribution >= 0.6 is 0 Å². The van der Waals surface area contributed by atoms with Gasteiger partial charge in [0, 0.05) is 6.54 Å². The highest BCUT2D eigenvalue weighted by molar-refractivity contribution is 4.48. The van der Waals surface area contributed by atoms with E-state index in [1.807, 2.05) is 0 Å². The van der Waals surface area contributed by atoms with Gasteiger partial charge in [-0.15, -0.1) is 0 Å². The second-order valence-electron chi connectivity index (χ2n) is 2.79. The molecule has 2 heteroatoms. The molecule has 56 valence electrons. The van der Waals surface area contributed by atoms with Gasteiger partial charge in [0.25, 0.3) is 0 Å². The normalized spacial score (nSPS) is 10.7. The quantitative estimate of drug-likeness (QED) is 0.501. The maximum atomic E-state index is 3.74. The van der Waals surface area contributed by atoms with Crippen LogP contribution in [-0.4, -0.2) is 19.6 Å². The van der Waals surface area contributed by atoms with Crippen molar-refractivity contribution >= 4 is 0 Å². The molecular formula is C7H19N2+. The first kappa shape index (κ1) is 8.92. The summed E-state index contributed by atoms with van der Waals surface area (Å²) in [5, 5.41) is 3.30. The Morgan fingerprint density at radius 2 is 2.00 bits per heavy atom. The molecule has 0 aliphatic rings. The minimum atomic E-state index is 0.822. The van der Waals surface area contributed by atoms with Crippen molar-refractivity contribution < 1.29 is 5.73 Å². The van der Waals surface area contributed by atoms with E-state index >= 15 is 0 Å².